The first-order valence-electron chi connectivity index (χ1n) is 11.5. The quantitative estimate of drug-likeness (QED) is 0.220. The molecule has 0 radical (unpaired) electrons. The van der Waals surface area contributed by atoms with Gasteiger partial charge in [0.25, 0.3) is 11.1 Å². The summed E-state index contributed by atoms with van der Waals surface area (Å²) in [5, 5.41) is 5.75. The molecule has 37 heavy (non-hydrogen) atoms. The molecular formula is C20H29N10O6P. The van der Waals surface area contributed by atoms with Crippen LogP contribution in [-0.4, -0.2) is 57.1 Å². The van der Waals surface area contributed by atoms with Crippen molar-refractivity contribution in [2.45, 2.75) is 20.0 Å². The van der Waals surface area contributed by atoms with Crippen molar-refractivity contribution in [3.63, 3.8) is 0 Å². The fourth-order valence-corrected chi connectivity index (χ4v) is 5.54. The first kappa shape index (κ1) is 26.5. The topological polar surface area (TPSA) is 174 Å². The molecule has 0 aliphatic rings. The molecule has 0 spiro atoms. The summed E-state index contributed by atoms with van der Waals surface area (Å²) >= 11 is 0. The molecule has 200 valence electrons. The minimum atomic E-state index is -3.50. The third kappa shape index (κ3) is 4.64. The predicted octanol–water partition coefficient (Wildman–Crippen LogP) is -1.80. The molecule has 0 bridgehead atoms. The number of imidazole rings is 2. The molecular weight excluding hydrogens is 507 g/mol. The third-order valence-electron chi connectivity index (χ3n) is 6.09. The van der Waals surface area contributed by atoms with Crippen molar-refractivity contribution in [1.82, 2.24) is 47.5 Å². The Labute approximate surface area is 209 Å². The van der Waals surface area contributed by atoms with E-state index >= 15 is 0 Å². The van der Waals surface area contributed by atoms with E-state index in [4.69, 9.17) is 4.52 Å². The lowest BCUT2D eigenvalue weighted by Crippen LogP contribution is -2.38. The molecule has 0 aliphatic carbocycles. The van der Waals surface area contributed by atoms with Gasteiger partial charge in [0.1, 0.15) is 0 Å². The molecule has 0 aromatic carbocycles. The second kappa shape index (κ2) is 10.0. The van der Waals surface area contributed by atoms with E-state index in [2.05, 4.69) is 20.1 Å². The number of hydrogen-bond acceptors (Lipinski definition) is 8. The Morgan fingerprint density at radius 2 is 1.16 bits per heavy atom. The van der Waals surface area contributed by atoms with Crippen LogP contribution in [0.5, 0.6) is 0 Å². The Morgan fingerprint density at radius 1 is 0.757 bits per heavy atom. The third-order valence-corrected chi connectivity index (χ3v) is 7.99. The first-order chi connectivity index (χ1) is 17.5. The summed E-state index contributed by atoms with van der Waals surface area (Å²) in [6.07, 6.45) is 2.90. The largest absolute Gasteiger partial charge is 0.340 e. The average Bonchev–Trinajstić information content (AvgIpc) is 3.49. The molecule has 0 aliphatic heterocycles. The SMILES string of the molecule is CCOP(=O)(NCCn1cnc2c1c(=O)n(C)c(=O)n2C)NCCn1cnc2c1c(=O)n(C)c(=O)n2C. The van der Waals surface area contributed by atoms with E-state index in [-0.39, 0.29) is 55.1 Å². The van der Waals surface area contributed by atoms with E-state index in [0.29, 0.717) is 0 Å². The van der Waals surface area contributed by atoms with Crippen molar-refractivity contribution < 1.29 is 9.09 Å². The summed E-state index contributed by atoms with van der Waals surface area (Å²) in [5.41, 5.74) is -0.864. The van der Waals surface area contributed by atoms with Crippen molar-refractivity contribution in [3.05, 3.63) is 54.3 Å². The molecule has 4 rings (SSSR count). The van der Waals surface area contributed by atoms with Gasteiger partial charge < -0.3 is 13.7 Å². The average molecular weight is 536 g/mol. The van der Waals surface area contributed by atoms with Gasteiger partial charge in [0, 0.05) is 54.4 Å². The molecule has 0 saturated carbocycles. The van der Waals surface area contributed by atoms with E-state index in [1.54, 1.807) is 16.1 Å². The standard InChI is InChI=1S/C20H29N10O6P/c1-6-36-37(35,23-7-9-29-11-21-15-13(29)17(31)27(4)19(33)25(15)2)24-8-10-30-12-22-16-14(30)18(32)28(5)20(34)26(16)3/h11-12H,6-10H2,1-5H3,(H2,23,24,35). The van der Waals surface area contributed by atoms with Gasteiger partial charge in [-0.2, -0.15) is 0 Å². The smallest absolute Gasteiger partial charge is 0.323 e. The van der Waals surface area contributed by atoms with Gasteiger partial charge >= 0.3 is 19.0 Å². The molecule has 16 nitrogen and oxygen atoms in total. The zero-order valence-electron chi connectivity index (χ0n) is 21.2. The molecule has 0 atom stereocenters. The van der Waals surface area contributed by atoms with E-state index in [1.165, 1.54) is 50.0 Å². The van der Waals surface area contributed by atoms with E-state index < -0.39 is 30.2 Å². The highest BCUT2D eigenvalue weighted by Gasteiger charge is 2.22. The maximum absolute atomic E-state index is 13.3. The van der Waals surface area contributed by atoms with Crippen LogP contribution in [0.25, 0.3) is 22.3 Å². The van der Waals surface area contributed by atoms with E-state index in [9.17, 15) is 23.7 Å². The fraction of sp³-hybridized carbons (Fsp3) is 0.500. The summed E-state index contributed by atoms with van der Waals surface area (Å²) in [6.45, 7) is 2.68. The van der Waals surface area contributed by atoms with Crippen LogP contribution in [0, 0.1) is 0 Å². The van der Waals surface area contributed by atoms with Gasteiger partial charge in [0.2, 0.25) is 0 Å². The Kier molecular flexibility index (Phi) is 7.19. The molecule has 17 heteroatoms. The number of fused-ring (bicyclic) bond motifs is 2. The zero-order chi connectivity index (χ0) is 27.1. The van der Waals surface area contributed by atoms with Crippen molar-refractivity contribution in [3.8, 4) is 0 Å². The Balaban J connectivity index is 1.46. The molecule has 0 amide bonds. The van der Waals surface area contributed by atoms with E-state index in [1.807, 2.05) is 0 Å². The number of aryl methyl sites for hydroxylation is 2. The lowest BCUT2D eigenvalue weighted by atomic mass is 10.5. The summed E-state index contributed by atoms with van der Waals surface area (Å²) in [5.74, 6) is 0. The first-order valence-corrected chi connectivity index (χ1v) is 13.1. The maximum Gasteiger partial charge on any atom is 0.340 e. The fourth-order valence-electron chi connectivity index (χ4n) is 4.10. The zero-order valence-corrected chi connectivity index (χ0v) is 22.1. The van der Waals surface area contributed by atoms with Crippen LogP contribution in [0.3, 0.4) is 0 Å². The van der Waals surface area contributed by atoms with Crippen LogP contribution in [0.2, 0.25) is 0 Å². The minimum Gasteiger partial charge on any atom is -0.323 e. The van der Waals surface area contributed by atoms with Gasteiger partial charge in [-0.05, 0) is 6.92 Å². The second-order valence-electron chi connectivity index (χ2n) is 8.42. The van der Waals surface area contributed by atoms with E-state index in [0.717, 1.165) is 9.13 Å². The summed E-state index contributed by atoms with van der Waals surface area (Å²) in [6, 6.07) is 0. The van der Waals surface area contributed by atoms with Crippen LogP contribution >= 0.6 is 7.67 Å². The minimum absolute atomic E-state index is 0.165. The highest BCUT2D eigenvalue weighted by molar-refractivity contribution is 7.54. The van der Waals surface area contributed by atoms with Gasteiger partial charge in [0.15, 0.2) is 22.3 Å². The van der Waals surface area contributed by atoms with Crippen LogP contribution in [0.15, 0.2) is 31.8 Å². The highest BCUT2D eigenvalue weighted by Crippen LogP contribution is 2.36. The van der Waals surface area contributed by atoms with Crippen LogP contribution < -0.4 is 32.7 Å². The second-order valence-corrected chi connectivity index (χ2v) is 10.4. The van der Waals surface area contributed by atoms with Crippen LogP contribution in [-0.2, 0) is 50.4 Å². The Hall–Kier alpha value is -3.59. The highest BCUT2D eigenvalue weighted by atomic mass is 31.2. The molecule has 0 fully saturated rings. The maximum atomic E-state index is 13.3. The molecule has 0 saturated heterocycles. The molecule has 4 aromatic rings. The van der Waals surface area contributed by atoms with Gasteiger partial charge in [-0.3, -0.25) is 32.4 Å². The Morgan fingerprint density at radius 3 is 1.54 bits per heavy atom. The lowest BCUT2D eigenvalue weighted by Gasteiger charge is -2.20. The Bertz CT molecular complexity index is 1650. The normalized spacial score (nSPS) is 12.2. The molecule has 0 unspecified atom stereocenters. The summed E-state index contributed by atoms with van der Waals surface area (Å²) in [7, 11) is 2.36. The predicted molar refractivity (Wildman–Crippen MR) is 136 cm³/mol. The summed E-state index contributed by atoms with van der Waals surface area (Å²) < 4.78 is 26.5. The number of nitrogens with one attached hydrogen (secondary N) is 2. The molecule has 2 N–H and O–H groups in total. The van der Waals surface area contributed by atoms with Gasteiger partial charge in [0.05, 0.1) is 19.3 Å². The monoisotopic (exact) mass is 536 g/mol. The lowest BCUT2D eigenvalue weighted by molar-refractivity contribution is 0.314. The molecule has 4 heterocycles. The van der Waals surface area contributed by atoms with Gasteiger partial charge in [-0.1, -0.05) is 0 Å². The number of nitrogens with zero attached hydrogens (tertiary/aromatic N) is 8. The number of rotatable bonds is 10. The van der Waals surface area contributed by atoms with Gasteiger partial charge in [-0.15, -0.1) is 0 Å². The van der Waals surface area contributed by atoms with Crippen LogP contribution in [0.4, 0.5) is 0 Å². The molecule has 4 aromatic heterocycles. The van der Waals surface area contributed by atoms with Crippen molar-refractivity contribution in [2.24, 2.45) is 28.2 Å². The van der Waals surface area contributed by atoms with Crippen molar-refractivity contribution >= 4 is 30.0 Å². The van der Waals surface area contributed by atoms with Crippen LogP contribution in [0.1, 0.15) is 6.92 Å². The van der Waals surface area contributed by atoms with Crippen molar-refractivity contribution in [2.75, 3.05) is 19.7 Å². The number of hydrogen-bond donors (Lipinski definition) is 2. The number of aromatic nitrogens is 8. The van der Waals surface area contributed by atoms with Gasteiger partial charge in [-0.25, -0.2) is 29.7 Å². The summed E-state index contributed by atoms with van der Waals surface area (Å²) in [4.78, 5) is 57.8. The van der Waals surface area contributed by atoms with Crippen molar-refractivity contribution in [1.29, 1.82) is 0 Å².